The molecule has 0 saturated carbocycles. The molecular weight excluding hydrogens is 426 g/mol. The maximum absolute atomic E-state index is 13.1. The summed E-state index contributed by atoms with van der Waals surface area (Å²) >= 11 is 1.45. The largest absolute Gasteiger partial charge is 0.496 e. The van der Waals surface area contributed by atoms with Crippen molar-refractivity contribution in [2.75, 3.05) is 32.5 Å². The molecule has 1 aromatic carbocycles. The molecule has 1 amide bonds. The van der Waals surface area contributed by atoms with Crippen LogP contribution in [-0.2, 0) is 14.8 Å². The number of benzene rings is 1. The molecule has 164 valence electrons. The first kappa shape index (κ1) is 22.6. The number of hydrogen-bond acceptors (Lipinski definition) is 7. The van der Waals surface area contributed by atoms with Crippen molar-refractivity contribution in [3.63, 3.8) is 0 Å². The number of hydrogen-bond donors (Lipinski definition) is 2. The van der Waals surface area contributed by atoms with Crippen molar-refractivity contribution in [2.24, 2.45) is 5.92 Å². The summed E-state index contributed by atoms with van der Waals surface area (Å²) in [5, 5.41) is 10.4. The number of aryl methyl sites for hydroxylation is 2. The van der Waals surface area contributed by atoms with Gasteiger partial charge in [0.15, 0.2) is 0 Å². The third-order valence-corrected chi connectivity index (χ3v) is 7.68. The Hall–Kier alpha value is -2.11. The Bertz CT molecular complexity index is 993. The van der Waals surface area contributed by atoms with Crippen LogP contribution in [0.25, 0.3) is 0 Å². The fraction of sp³-hybridized carbons (Fsp3) is 0.526. The summed E-state index contributed by atoms with van der Waals surface area (Å²) in [6.45, 7) is 4.71. The zero-order valence-electron chi connectivity index (χ0n) is 17.3. The second kappa shape index (κ2) is 9.80. The van der Waals surface area contributed by atoms with Crippen molar-refractivity contribution in [2.45, 2.75) is 36.7 Å². The molecule has 11 heteroatoms. The molecule has 0 spiro atoms. The number of rotatable bonds is 8. The van der Waals surface area contributed by atoms with Crippen molar-refractivity contribution < 1.29 is 17.9 Å². The van der Waals surface area contributed by atoms with Gasteiger partial charge in [-0.25, -0.2) is 13.4 Å². The van der Waals surface area contributed by atoms with Gasteiger partial charge in [-0.3, -0.25) is 9.89 Å². The van der Waals surface area contributed by atoms with Gasteiger partial charge < -0.3 is 10.1 Å². The zero-order valence-corrected chi connectivity index (χ0v) is 19.0. The van der Waals surface area contributed by atoms with Gasteiger partial charge in [0.05, 0.1) is 17.9 Å². The zero-order chi connectivity index (χ0) is 21.7. The molecule has 1 aromatic heterocycles. The summed E-state index contributed by atoms with van der Waals surface area (Å²) in [5.74, 6) is 1.55. The van der Waals surface area contributed by atoms with Crippen LogP contribution >= 0.6 is 11.8 Å². The van der Waals surface area contributed by atoms with E-state index in [-0.39, 0.29) is 23.3 Å². The number of methoxy groups -OCH3 is 1. The number of thioether (sulfide) groups is 1. The number of carbonyl (C=O) groups excluding carboxylic acids is 1. The summed E-state index contributed by atoms with van der Waals surface area (Å²) in [6, 6.07) is 4.82. The summed E-state index contributed by atoms with van der Waals surface area (Å²) in [6.07, 6.45) is 1.32. The van der Waals surface area contributed by atoms with E-state index < -0.39 is 10.0 Å². The van der Waals surface area contributed by atoms with Crippen molar-refractivity contribution in [1.82, 2.24) is 24.8 Å². The molecule has 2 N–H and O–H groups in total. The number of sulfonamides is 1. The van der Waals surface area contributed by atoms with Crippen LogP contribution in [0.4, 0.5) is 0 Å². The first-order valence-electron chi connectivity index (χ1n) is 9.75. The number of aromatic amines is 1. The van der Waals surface area contributed by atoms with Gasteiger partial charge in [0.1, 0.15) is 11.6 Å². The normalized spacial score (nSPS) is 17.6. The van der Waals surface area contributed by atoms with Crippen LogP contribution in [0.1, 0.15) is 24.2 Å². The topological polar surface area (TPSA) is 117 Å². The van der Waals surface area contributed by atoms with Crippen LogP contribution in [0.5, 0.6) is 5.75 Å². The highest BCUT2D eigenvalue weighted by Gasteiger charge is 2.33. The smallest absolute Gasteiger partial charge is 0.243 e. The maximum atomic E-state index is 13.1. The first-order chi connectivity index (χ1) is 14.3. The molecule has 1 unspecified atom stereocenters. The Labute approximate surface area is 181 Å². The lowest BCUT2D eigenvalue weighted by Gasteiger charge is -2.31. The molecule has 2 heterocycles. The molecule has 1 atom stereocenters. The Balaban J connectivity index is 1.55. The van der Waals surface area contributed by atoms with E-state index in [0.717, 1.165) is 11.4 Å². The van der Waals surface area contributed by atoms with Crippen molar-refractivity contribution >= 4 is 27.7 Å². The van der Waals surface area contributed by atoms with Crippen LogP contribution < -0.4 is 10.1 Å². The minimum absolute atomic E-state index is 0.118. The molecule has 1 aliphatic rings. The highest BCUT2D eigenvalue weighted by atomic mass is 32.2. The molecule has 2 aromatic rings. The van der Waals surface area contributed by atoms with Gasteiger partial charge in [0, 0.05) is 25.4 Å². The van der Waals surface area contributed by atoms with Crippen molar-refractivity contribution in [3.05, 3.63) is 29.6 Å². The van der Waals surface area contributed by atoms with Gasteiger partial charge in [0.2, 0.25) is 21.1 Å². The summed E-state index contributed by atoms with van der Waals surface area (Å²) in [5.41, 5.74) is 0.754. The maximum Gasteiger partial charge on any atom is 0.243 e. The van der Waals surface area contributed by atoms with Gasteiger partial charge in [-0.1, -0.05) is 11.8 Å². The molecule has 1 saturated heterocycles. The number of nitrogens with one attached hydrogen (secondary N) is 2. The Kier molecular flexibility index (Phi) is 7.37. The third-order valence-electron chi connectivity index (χ3n) is 4.97. The van der Waals surface area contributed by atoms with Gasteiger partial charge in [-0.2, -0.15) is 4.31 Å². The highest BCUT2D eigenvalue weighted by molar-refractivity contribution is 7.99. The fourth-order valence-corrected chi connectivity index (χ4v) is 5.69. The van der Waals surface area contributed by atoms with Crippen molar-refractivity contribution in [1.29, 1.82) is 0 Å². The molecular formula is C19H27N5O4S2. The summed E-state index contributed by atoms with van der Waals surface area (Å²) in [4.78, 5) is 17.0. The standard InChI is InChI=1S/C19H27N5O4S2/c1-13-11-16(6-7-17(13)28-3)30(26,27)24-9-4-5-15(12-24)18(25)20-8-10-29-19-21-14(2)22-23-19/h6-7,11,15H,4-5,8-10,12H2,1-3H3,(H,20,25)(H,21,22,23). The lowest BCUT2D eigenvalue weighted by Crippen LogP contribution is -2.45. The van der Waals surface area contributed by atoms with E-state index in [4.69, 9.17) is 4.74 Å². The number of piperidine rings is 1. The highest BCUT2D eigenvalue weighted by Crippen LogP contribution is 2.27. The second-order valence-electron chi connectivity index (χ2n) is 7.18. The van der Waals surface area contributed by atoms with E-state index >= 15 is 0 Å². The van der Waals surface area contributed by atoms with E-state index in [1.54, 1.807) is 25.3 Å². The average molecular weight is 454 g/mol. The summed E-state index contributed by atoms with van der Waals surface area (Å²) < 4.78 is 32.7. The molecule has 0 aliphatic carbocycles. The number of aromatic nitrogens is 3. The SMILES string of the molecule is COc1ccc(S(=O)(=O)N2CCCC(C(=O)NCCSc3n[nH]c(C)n3)C2)cc1C. The van der Waals surface area contributed by atoms with Gasteiger partial charge in [0.25, 0.3) is 0 Å². The number of ether oxygens (including phenoxy) is 1. The molecule has 30 heavy (non-hydrogen) atoms. The van der Waals surface area contributed by atoms with E-state index in [2.05, 4.69) is 20.5 Å². The third kappa shape index (κ3) is 5.32. The fourth-order valence-electron chi connectivity index (χ4n) is 3.38. The predicted octanol–water partition coefficient (Wildman–Crippen LogP) is 1.74. The van der Waals surface area contributed by atoms with Gasteiger partial charge in [-0.05, 0) is 50.5 Å². The quantitative estimate of drug-likeness (QED) is 0.462. The molecule has 3 rings (SSSR count). The molecule has 0 radical (unpaired) electrons. The van der Waals surface area contributed by atoms with E-state index in [1.807, 2.05) is 13.8 Å². The van der Waals surface area contributed by atoms with Gasteiger partial charge >= 0.3 is 0 Å². The van der Waals surface area contributed by atoms with Crippen LogP contribution in [0.2, 0.25) is 0 Å². The van der Waals surface area contributed by atoms with E-state index in [0.29, 0.717) is 42.6 Å². The monoisotopic (exact) mass is 453 g/mol. The number of carbonyl (C=O) groups is 1. The average Bonchev–Trinajstić information content (AvgIpc) is 3.16. The van der Waals surface area contributed by atoms with E-state index in [9.17, 15) is 13.2 Å². The number of amides is 1. The molecule has 0 bridgehead atoms. The second-order valence-corrected chi connectivity index (χ2v) is 10.2. The summed E-state index contributed by atoms with van der Waals surface area (Å²) in [7, 11) is -2.11. The minimum Gasteiger partial charge on any atom is -0.496 e. The Morgan fingerprint density at radius 3 is 2.87 bits per heavy atom. The van der Waals surface area contributed by atoms with Crippen LogP contribution in [0.15, 0.2) is 28.3 Å². The lowest BCUT2D eigenvalue weighted by atomic mass is 9.99. The number of H-pyrrole nitrogens is 1. The Morgan fingerprint density at radius 2 is 2.20 bits per heavy atom. The molecule has 9 nitrogen and oxygen atoms in total. The minimum atomic E-state index is -3.66. The van der Waals surface area contributed by atoms with Crippen LogP contribution in [-0.4, -0.2) is 66.3 Å². The molecule has 1 aliphatic heterocycles. The number of nitrogens with zero attached hydrogens (tertiary/aromatic N) is 3. The van der Waals surface area contributed by atoms with Crippen LogP contribution in [0.3, 0.4) is 0 Å². The molecule has 1 fully saturated rings. The van der Waals surface area contributed by atoms with E-state index in [1.165, 1.54) is 16.1 Å². The van der Waals surface area contributed by atoms with Gasteiger partial charge in [-0.15, -0.1) is 5.10 Å². The lowest BCUT2D eigenvalue weighted by molar-refractivity contribution is -0.125. The predicted molar refractivity (Wildman–Crippen MR) is 114 cm³/mol. The Morgan fingerprint density at radius 1 is 1.40 bits per heavy atom. The van der Waals surface area contributed by atoms with Crippen LogP contribution in [0, 0.1) is 19.8 Å². The van der Waals surface area contributed by atoms with Crippen molar-refractivity contribution in [3.8, 4) is 5.75 Å². The first-order valence-corrected chi connectivity index (χ1v) is 12.2.